The van der Waals surface area contributed by atoms with Gasteiger partial charge in [-0.2, -0.15) is 0 Å². The first-order valence-electron chi connectivity index (χ1n) is 6.30. The van der Waals surface area contributed by atoms with E-state index < -0.39 is 18.0 Å². The molecule has 0 heterocycles. The molecule has 0 aliphatic carbocycles. The maximum absolute atomic E-state index is 12.2. The average Bonchev–Trinajstić information content (AvgIpc) is 2.45. The number of primary amides is 1. The minimum atomic E-state index is -0.894. The molecule has 0 unspecified atom stereocenters. The second-order valence-electron chi connectivity index (χ2n) is 4.37. The summed E-state index contributed by atoms with van der Waals surface area (Å²) in [6, 6.07) is 4.54. The van der Waals surface area contributed by atoms with Gasteiger partial charge in [-0.15, -0.1) is 0 Å². The Kier molecular flexibility index (Phi) is 6.10. The predicted octanol–water partition coefficient (Wildman–Crippen LogP) is -0.343. The van der Waals surface area contributed by atoms with Gasteiger partial charge in [0.2, 0.25) is 0 Å². The molecule has 1 atom stereocenters. The molecule has 1 rings (SSSR count). The summed E-state index contributed by atoms with van der Waals surface area (Å²) in [5, 5.41) is 8.97. The monoisotopic (exact) mass is 280 g/mol. The van der Waals surface area contributed by atoms with Gasteiger partial charge < -0.3 is 22.3 Å². The number of imide groups is 1. The molecule has 3 amide bonds. The van der Waals surface area contributed by atoms with E-state index in [0.717, 1.165) is 4.90 Å². The van der Waals surface area contributed by atoms with E-state index in [2.05, 4.69) is 0 Å². The smallest absolute Gasteiger partial charge is 0.326 e. The summed E-state index contributed by atoms with van der Waals surface area (Å²) in [6.07, 6.45) is 0.969. The van der Waals surface area contributed by atoms with E-state index in [4.69, 9.17) is 22.3 Å². The van der Waals surface area contributed by atoms with Gasteiger partial charge in [-0.3, -0.25) is 4.79 Å². The molecule has 20 heavy (non-hydrogen) atoms. The molecule has 110 valence electrons. The van der Waals surface area contributed by atoms with Crippen LogP contribution in [-0.2, 0) is 11.4 Å². The van der Waals surface area contributed by atoms with Crippen LogP contribution < -0.4 is 22.1 Å². The minimum absolute atomic E-state index is 0.124. The third-order valence-corrected chi connectivity index (χ3v) is 2.85. The first-order chi connectivity index (χ1) is 9.51. The zero-order chi connectivity index (χ0) is 15.1. The Morgan fingerprint density at radius 2 is 1.85 bits per heavy atom. The van der Waals surface area contributed by atoms with E-state index in [1.807, 2.05) is 0 Å². The Bertz CT molecular complexity index is 461. The molecular formula is C13H20N4O3. The van der Waals surface area contributed by atoms with Crippen LogP contribution in [0.3, 0.4) is 0 Å². The molecule has 0 radical (unpaired) electrons. The van der Waals surface area contributed by atoms with Crippen LogP contribution in [0.2, 0.25) is 0 Å². The van der Waals surface area contributed by atoms with Crippen LogP contribution in [0, 0.1) is 0 Å². The van der Waals surface area contributed by atoms with Gasteiger partial charge in [0.15, 0.2) is 0 Å². The van der Waals surface area contributed by atoms with Crippen LogP contribution >= 0.6 is 0 Å². The zero-order valence-corrected chi connectivity index (χ0v) is 11.2. The number of carbonyl (C=O) groups is 2. The highest BCUT2D eigenvalue weighted by Crippen LogP contribution is 2.17. The molecular weight excluding hydrogens is 260 g/mol. The Morgan fingerprint density at radius 3 is 2.30 bits per heavy atom. The van der Waals surface area contributed by atoms with Crippen molar-refractivity contribution in [2.24, 2.45) is 17.2 Å². The van der Waals surface area contributed by atoms with Crippen LogP contribution in [-0.4, -0.2) is 29.6 Å². The molecule has 0 aliphatic heterocycles. The number of nitrogens with zero attached hydrogens (tertiary/aromatic N) is 1. The zero-order valence-electron chi connectivity index (χ0n) is 11.2. The normalized spacial score (nSPS) is 11.9. The molecule has 0 fully saturated rings. The van der Waals surface area contributed by atoms with Crippen molar-refractivity contribution in [3.63, 3.8) is 0 Å². The van der Waals surface area contributed by atoms with E-state index in [-0.39, 0.29) is 6.61 Å². The molecule has 0 aliphatic rings. The van der Waals surface area contributed by atoms with Gasteiger partial charge in [-0.1, -0.05) is 12.1 Å². The molecule has 0 aromatic heterocycles. The lowest BCUT2D eigenvalue weighted by Crippen LogP contribution is -2.49. The van der Waals surface area contributed by atoms with Crippen LogP contribution in [0.15, 0.2) is 24.3 Å². The van der Waals surface area contributed by atoms with Crippen molar-refractivity contribution in [3.8, 4) is 0 Å². The first kappa shape index (κ1) is 16.1. The number of aliphatic hydroxyl groups excluding tert-OH is 1. The fourth-order valence-electron chi connectivity index (χ4n) is 1.74. The van der Waals surface area contributed by atoms with Crippen LogP contribution in [0.25, 0.3) is 0 Å². The summed E-state index contributed by atoms with van der Waals surface area (Å²) in [5.41, 5.74) is 17.3. The van der Waals surface area contributed by atoms with Crippen LogP contribution in [0.5, 0.6) is 0 Å². The number of nitrogens with two attached hydrogens (primary N) is 3. The molecule has 0 spiro atoms. The number of aliphatic hydroxyl groups is 1. The van der Waals surface area contributed by atoms with E-state index >= 15 is 0 Å². The summed E-state index contributed by atoms with van der Waals surface area (Å²) in [5.74, 6) is -0.567. The van der Waals surface area contributed by atoms with Gasteiger partial charge in [0.1, 0.15) is 0 Å². The summed E-state index contributed by atoms with van der Waals surface area (Å²) in [4.78, 5) is 24.5. The number of hydrogen-bond acceptors (Lipinski definition) is 5. The largest absolute Gasteiger partial charge is 0.392 e. The van der Waals surface area contributed by atoms with E-state index in [1.165, 1.54) is 12.1 Å². The Morgan fingerprint density at radius 1 is 1.25 bits per heavy atom. The lowest BCUT2D eigenvalue weighted by Gasteiger charge is -2.22. The van der Waals surface area contributed by atoms with Gasteiger partial charge in [-0.05, 0) is 37.1 Å². The lowest BCUT2D eigenvalue weighted by molar-refractivity contribution is -0.119. The molecule has 7 nitrogen and oxygen atoms in total. The fourth-order valence-corrected chi connectivity index (χ4v) is 1.74. The standard InChI is InChI=1S/C13H20N4O3/c14-7-1-2-11(15)12(19)17(13(16)20)10-5-3-9(8-18)4-6-10/h3-6,11,18H,1-2,7-8,14-15H2,(H2,16,20)/t11-/m1/s1. The number of benzene rings is 1. The van der Waals surface area contributed by atoms with Crippen molar-refractivity contribution in [1.29, 1.82) is 0 Å². The summed E-state index contributed by atoms with van der Waals surface area (Å²) >= 11 is 0. The molecule has 1 aromatic carbocycles. The number of carbonyl (C=O) groups excluding carboxylic acids is 2. The Labute approximate surface area is 117 Å². The molecule has 0 saturated heterocycles. The quantitative estimate of drug-likeness (QED) is 0.565. The van der Waals surface area contributed by atoms with Crippen molar-refractivity contribution >= 4 is 17.6 Å². The molecule has 0 saturated carbocycles. The third-order valence-electron chi connectivity index (χ3n) is 2.85. The van der Waals surface area contributed by atoms with Crippen molar-refractivity contribution in [1.82, 2.24) is 0 Å². The maximum atomic E-state index is 12.2. The number of anilines is 1. The van der Waals surface area contributed by atoms with Gasteiger partial charge in [-0.25, -0.2) is 9.69 Å². The van der Waals surface area contributed by atoms with Crippen LogP contribution in [0.1, 0.15) is 18.4 Å². The maximum Gasteiger partial charge on any atom is 0.326 e. The Balaban J connectivity index is 2.92. The van der Waals surface area contributed by atoms with Gasteiger partial charge in [0.05, 0.1) is 18.3 Å². The molecule has 0 bridgehead atoms. The number of rotatable bonds is 6. The van der Waals surface area contributed by atoms with E-state index in [0.29, 0.717) is 30.6 Å². The highest BCUT2D eigenvalue weighted by Gasteiger charge is 2.26. The summed E-state index contributed by atoms with van der Waals surface area (Å²) in [7, 11) is 0. The second kappa shape index (κ2) is 7.59. The summed E-state index contributed by atoms with van der Waals surface area (Å²) < 4.78 is 0. The average molecular weight is 280 g/mol. The van der Waals surface area contributed by atoms with Crippen molar-refractivity contribution in [2.75, 3.05) is 11.4 Å². The second-order valence-corrected chi connectivity index (χ2v) is 4.37. The van der Waals surface area contributed by atoms with E-state index in [1.54, 1.807) is 12.1 Å². The SMILES string of the molecule is NCCC[C@@H](N)C(=O)N(C(N)=O)c1ccc(CO)cc1. The molecule has 7 heteroatoms. The molecule has 7 N–H and O–H groups in total. The van der Waals surface area contributed by atoms with Crippen molar-refractivity contribution < 1.29 is 14.7 Å². The number of hydrogen-bond donors (Lipinski definition) is 4. The predicted molar refractivity (Wildman–Crippen MR) is 75.7 cm³/mol. The highest BCUT2D eigenvalue weighted by atomic mass is 16.3. The van der Waals surface area contributed by atoms with Crippen molar-refractivity contribution in [3.05, 3.63) is 29.8 Å². The van der Waals surface area contributed by atoms with Gasteiger partial charge >= 0.3 is 6.03 Å². The first-order valence-corrected chi connectivity index (χ1v) is 6.30. The van der Waals surface area contributed by atoms with Crippen LogP contribution in [0.4, 0.5) is 10.5 Å². The number of urea groups is 1. The third kappa shape index (κ3) is 4.02. The van der Waals surface area contributed by atoms with E-state index in [9.17, 15) is 9.59 Å². The number of amides is 3. The highest BCUT2D eigenvalue weighted by molar-refractivity contribution is 6.15. The van der Waals surface area contributed by atoms with Gasteiger partial charge in [0, 0.05) is 0 Å². The minimum Gasteiger partial charge on any atom is -0.392 e. The Hall–Kier alpha value is -1.96. The lowest BCUT2D eigenvalue weighted by atomic mass is 10.1. The topological polar surface area (TPSA) is 136 Å². The fraction of sp³-hybridized carbons (Fsp3) is 0.385. The molecule has 1 aromatic rings. The summed E-state index contributed by atoms with van der Waals surface area (Å²) in [6.45, 7) is 0.295. The van der Waals surface area contributed by atoms with Gasteiger partial charge in [0.25, 0.3) is 5.91 Å². The van der Waals surface area contributed by atoms with Crippen molar-refractivity contribution in [2.45, 2.75) is 25.5 Å².